The van der Waals surface area contributed by atoms with E-state index >= 15 is 0 Å². The second-order valence-corrected chi connectivity index (χ2v) is 5.65. The first-order chi connectivity index (χ1) is 9.65. The van der Waals surface area contributed by atoms with Gasteiger partial charge < -0.3 is 10.2 Å². The van der Waals surface area contributed by atoms with Gasteiger partial charge in [0, 0.05) is 25.7 Å². The van der Waals surface area contributed by atoms with Crippen LogP contribution in [-0.4, -0.2) is 36.0 Å². The van der Waals surface area contributed by atoms with Crippen molar-refractivity contribution in [3.8, 4) is 0 Å². The van der Waals surface area contributed by atoms with Crippen LogP contribution < -0.4 is 15.8 Å². The second kappa shape index (κ2) is 6.88. The predicted molar refractivity (Wildman–Crippen MR) is 82.2 cm³/mol. The number of nitrogens with zero attached hydrogens (tertiary/aromatic N) is 3. The zero-order valence-electron chi connectivity index (χ0n) is 12.8. The highest BCUT2D eigenvalue weighted by Crippen LogP contribution is 2.33. The summed E-state index contributed by atoms with van der Waals surface area (Å²) in [6.07, 6.45) is 5.44. The van der Waals surface area contributed by atoms with E-state index < -0.39 is 0 Å². The van der Waals surface area contributed by atoms with Gasteiger partial charge in [-0.05, 0) is 38.6 Å². The van der Waals surface area contributed by atoms with E-state index in [0.29, 0.717) is 18.5 Å². The van der Waals surface area contributed by atoms with Gasteiger partial charge in [0.05, 0.1) is 18.4 Å². The first-order valence-electron chi connectivity index (χ1n) is 7.67. The molecule has 1 aromatic rings. The first-order valence-corrected chi connectivity index (χ1v) is 7.67. The molecule has 112 valence electrons. The van der Waals surface area contributed by atoms with Crippen LogP contribution >= 0.6 is 0 Å². The third-order valence-electron chi connectivity index (χ3n) is 3.99. The summed E-state index contributed by atoms with van der Waals surface area (Å²) in [7, 11) is 1.97. The standard InChI is InChI=1S/C15H26N4O/c1-4-8-16-14(12-6-7-12)11-19-15(20)9-13(10-17-19)18(3)5-2/h9-10,12,14,16H,4-8,11H2,1-3H3. The molecule has 5 heteroatoms. The summed E-state index contributed by atoms with van der Waals surface area (Å²) in [4.78, 5) is 14.2. The fraction of sp³-hybridized carbons (Fsp3) is 0.733. The van der Waals surface area contributed by atoms with Crippen LogP contribution in [-0.2, 0) is 6.54 Å². The second-order valence-electron chi connectivity index (χ2n) is 5.65. The number of nitrogens with one attached hydrogen (secondary N) is 1. The van der Waals surface area contributed by atoms with Gasteiger partial charge in [0.25, 0.3) is 5.56 Å². The van der Waals surface area contributed by atoms with Crippen LogP contribution in [0.1, 0.15) is 33.1 Å². The highest BCUT2D eigenvalue weighted by atomic mass is 16.1. The zero-order valence-corrected chi connectivity index (χ0v) is 12.8. The summed E-state index contributed by atoms with van der Waals surface area (Å²) < 4.78 is 1.60. The molecular formula is C15H26N4O. The van der Waals surface area contributed by atoms with Crippen molar-refractivity contribution in [1.82, 2.24) is 15.1 Å². The Kier molecular flexibility index (Phi) is 5.17. The molecule has 1 unspecified atom stereocenters. The van der Waals surface area contributed by atoms with Crippen LogP contribution in [0, 0.1) is 5.92 Å². The summed E-state index contributed by atoms with van der Waals surface area (Å²) >= 11 is 0. The van der Waals surface area contributed by atoms with Gasteiger partial charge in [-0.2, -0.15) is 5.10 Å². The molecule has 1 N–H and O–H groups in total. The predicted octanol–water partition coefficient (Wildman–Crippen LogP) is 1.48. The van der Waals surface area contributed by atoms with E-state index in [1.807, 2.05) is 11.9 Å². The average Bonchev–Trinajstić information content (AvgIpc) is 3.28. The fourth-order valence-electron chi connectivity index (χ4n) is 2.35. The Morgan fingerprint density at radius 1 is 1.50 bits per heavy atom. The topological polar surface area (TPSA) is 50.2 Å². The van der Waals surface area contributed by atoms with Gasteiger partial charge in [0.15, 0.2) is 0 Å². The molecule has 1 aliphatic rings. The molecule has 0 aromatic carbocycles. The molecule has 20 heavy (non-hydrogen) atoms. The van der Waals surface area contributed by atoms with Gasteiger partial charge in [0.2, 0.25) is 0 Å². The lowest BCUT2D eigenvalue weighted by Crippen LogP contribution is -2.39. The highest BCUT2D eigenvalue weighted by molar-refractivity contribution is 5.41. The van der Waals surface area contributed by atoms with E-state index in [1.54, 1.807) is 16.9 Å². The van der Waals surface area contributed by atoms with Crippen molar-refractivity contribution >= 4 is 5.69 Å². The van der Waals surface area contributed by atoms with E-state index in [-0.39, 0.29) is 5.56 Å². The van der Waals surface area contributed by atoms with Crippen molar-refractivity contribution < 1.29 is 0 Å². The van der Waals surface area contributed by atoms with Gasteiger partial charge >= 0.3 is 0 Å². The molecular weight excluding hydrogens is 252 g/mol. The van der Waals surface area contributed by atoms with E-state index in [1.165, 1.54) is 12.8 Å². The molecule has 1 aliphatic carbocycles. The SMILES string of the molecule is CCCNC(Cn1ncc(N(C)CC)cc1=O)C1CC1. The highest BCUT2D eigenvalue weighted by Gasteiger charge is 2.31. The lowest BCUT2D eigenvalue weighted by atomic mass is 10.2. The lowest BCUT2D eigenvalue weighted by molar-refractivity contribution is 0.381. The van der Waals surface area contributed by atoms with Crippen LogP contribution in [0.3, 0.4) is 0 Å². The van der Waals surface area contributed by atoms with Crippen LogP contribution in [0.15, 0.2) is 17.1 Å². The minimum Gasteiger partial charge on any atom is -0.373 e. The monoisotopic (exact) mass is 278 g/mol. The third-order valence-corrected chi connectivity index (χ3v) is 3.99. The Morgan fingerprint density at radius 2 is 2.25 bits per heavy atom. The van der Waals surface area contributed by atoms with Crippen LogP contribution in [0.2, 0.25) is 0 Å². The molecule has 1 aromatic heterocycles. The van der Waals surface area contributed by atoms with E-state index in [4.69, 9.17) is 0 Å². The molecule has 5 nitrogen and oxygen atoms in total. The summed E-state index contributed by atoms with van der Waals surface area (Å²) in [6, 6.07) is 2.07. The smallest absolute Gasteiger partial charge is 0.268 e. The largest absolute Gasteiger partial charge is 0.373 e. The first kappa shape index (κ1) is 15.0. The zero-order chi connectivity index (χ0) is 14.5. The minimum atomic E-state index is -0.00764. The van der Waals surface area contributed by atoms with Gasteiger partial charge in [-0.3, -0.25) is 4.79 Å². The van der Waals surface area contributed by atoms with Crippen molar-refractivity contribution in [1.29, 1.82) is 0 Å². The molecule has 0 bridgehead atoms. The van der Waals surface area contributed by atoms with E-state index in [0.717, 1.165) is 25.2 Å². The molecule has 1 atom stereocenters. The van der Waals surface area contributed by atoms with Crippen molar-refractivity contribution in [2.24, 2.45) is 5.92 Å². The summed E-state index contributed by atoms with van der Waals surface area (Å²) in [5, 5.41) is 7.87. The molecule has 1 saturated carbocycles. The molecule has 0 saturated heterocycles. The number of aromatic nitrogens is 2. The minimum absolute atomic E-state index is 0.00764. The Labute approximate surface area is 121 Å². The van der Waals surface area contributed by atoms with Crippen molar-refractivity contribution in [3.63, 3.8) is 0 Å². The van der Waals surface area contributed by atoms with Crippen LogP contribution in [0.5, 0.6) is 0 Å². The lowest BCUT2D eigenvalue weighted by Gasteiger charge is -2.20. The molecule has 0 spiro atoms. The number of hydrogen-bond acceptors (Lipinski definition) is 4. The Balaban J connectivity index is 2.06. The van der Waals surface area contributed by atoms with Crippen molar-refractivity contribution in [2.45, 2.75) is 45.7 Å². The summed E-state index contributed by atoms with van der Waals surface area (Å²) in [5.41, 5.74) is 0.880. The van der Waals surface area contributed by atoms with Crippen LogP contribution in [0.4, 0.5) is 5.69 Å². The summed E-state index contributed by atoms with van der Waals surface area (Å²) in [5.74, 6) is 0.716. The molecule has 2 rings (SSSR count). The van der Waals surface area contributed by atoms with Gasteiger partial charge in [-0.25, -0.2) is 4.68 Å². The van der Waals surface area contributed by atoms with Crippen molar-refractivity contribution in [3.05, 3.63) is 22.6 Å². The Bertz CT molecular complexity index is 481. The molecule has 0 radical (unpaired) electrons. The average molecular weight is 278 g/mol. The Hall–Kier alpha value is -1.36. The number of rotatable bonds is 8. The van der Waals surface area contributed by atoms with Gasteiger partial charge in [-0.15, -0.1) is 0 Å². The molecule has 1 fully saturated rings. The summed E-state index contributed by atoms with van der Waals surface area (Å²) in [6.45, 7) is 6.78. The van der Waals surface area contributed by atoms with E-state index in [9.17, 15) is 4.79 Å². The van der Waals surface area contributed by atoms with E-state index in [2.05, 4.69) is 24.3 Å². The van der Waals surface area contributed by atoms with Crippen molar-refractivity contribution in [2.75, 3.05) is 25.0 Å². The number of anilines is 1. The maximum absolute atomic E-state index is 12.2. The normalized spacial score (nSPS) is 16.1. The molecule has 1 heterocycles. The fourth-order valence-corrected chi connectivity index (χ4v) is 2.35. The quantitative estimate of drug-likeness (QED) is 0.782. The van der Waals surface area contributed by atoms with Gasteiger partial charge in [-0.1, -0.05) is 6.92 Å². The number of hydrogen-bond donors (Lipinski definition) is 1. The third kappa shape index (κ3) is 3.82. The maximum Gasteiger partial charge on any atom is 0.268 e. The molecule has 0 amide bonds. The maximum atomic E-state index is 12.2. The van der Waals surface area contributed by atoms with Crippen LogP contribution in [0.25, 0.3) is 0 Å². The van der Waals surface area contributed by atoms with Gasteiger partial charge in [0.1, 0.15) is 0 Å². The Morgan fingerprint density at radius 3 is 2.80 bits per heavy atom. The molecule has 0 aliphatic heterocycles.